The van der Waals surface area contributed by atoms with Gasteiger partial charge in [-0.15, -0.1) is 0 Å². The van der Waals surface area contributed by atoms with E-state index in [9.17, 15) is 10.2 Å². The predicted molar refractivity (Wildman–Crippen MR) is 64.8 cm³/mol. The van der Waals surface area contributed by atoms with Crippen LogP contribution in [0.4, 0.5) is 5.69 Å². The lowest BCUT2D eigenvalue weighted by molar-refractivity contribution is 0.148. The first-order valence-corrected chi connectivity index (χ1v) is 5.91. The van der Waals surface area contributed by atoms with Crippen molar-refractivity contribution in [2.75, 3.05) is 18.0 Å². The predicted octanol–water partition coefficient (Wildman–Crippen LogP) is 2.22. The smallest absolute Gasteiger partial charge is 0.123 e. The minimum Gasteiger partial charge on any atom is -0.507 e. The average Bonchev–Trinajstić information content (AvgIpc) is 2.99. The SMILES string of the molecule is CCN(CC)c1ccc(C2(O)CC2)c(O)c1. The molecule has 1 saturated carbocycles. The maximum atomic E-state index is 9.95. The fraction of sp³-hybridized carbons (Fsp3) is 0.538. The van der Waals surface area contributed by atoms with Crippen LogP contribution < -0.4 is 4.90 Å². The lowest BCUT2D eigenvalue weighted by Gasteiger charge is -2.22. The monoisotopic (exact) mass is 221 g/mol. The van der Waals surface area contributed by atoms with Gasteiger partial charge in [0, 0.05) is 30.4 Å². The maximum Gasteiger partial charge on any atom is 0.123 e. The van der Waals surface area contributed by atoms with E-state index in [4.69, 9.17) is 0 Å². The van der Waals surface area contributed by atoms with Crippen LogP contribution in [0.1, 0.15) is 32.3 Å². The van der Waals surface area contributed by atoms with Crippen molar-refractivity contribution in [2.45, 2.75) is 32.3 Å². The average molecular weight is 221 g/mol. The van der Waals surface area contributed by atoms with Gasteiger partial charge in [-0.2, -0.15) is 0 Å². The second kappa shape index (κ2) is 3.98. The molecule has 0 aromatic heterocycles. The van der Waals surface area contributed by atoms with Crippen LogP contribution in [-0.2, 0) is 5.60 Å². The lowest BCUT2D eigenvalue weighted by atomic mass is 10.1. The Labute approximate surface area is 96.3 Å². The molecule has 2 N–H and O–H groups in total. The number of phenols is 1. The molecular weight excluding hydrogens is 202 g/mol. The summed E-state index contributed by atoms with van der Waals surface area (Å²) in [6, 6.07) is 5.56. The number of hydrogen-bond donors (Lipinski definition) is 2. The molecule has 0 aliphatic heterocycles. The molecule has 1 aromatic rings. The summed E-state index contributed by atoms with van der Waals surface area (Å²) in [6.07, 6.45) is 1.51. The van der Waals surface area contributed by atoms with Crippen LogP contribution in [0.2, 0.25) is 0 Å². The van der Waals surface area contributed by atoms with Gasteiger partial charge in [0.25, 0.3) is 0 Å². The molecule has 0 radical (unpaired) electrons. The van der Waals surface area contributed by atoms with Gasteiger partial charge in [0.15, 0.2) is 0 Å². The Bertz CT molecular complexity index is 382. The Kier molecular flexibility index (Phi) is 2.80. The number of benzene rings is 1. The number of aliphatic hydroxyl groups is 1. The highest BCUT2D eigenvalue weighted by Crippen LogP contribution is 2.49. The summed E-state index contributed by atoms with van der Waals surface area (Å²) < 4.78 is 0. The van der Waals surface area contributed by atoms with Crippen molar-refractivity contribution in [3.63, 3.8) is 0 Å². The van der Waals surface area contributed by atoms with Gasteiger partial charge in [-0.05, 0) is 32.8 Å². The number of anilines is 1. The molecule has 0 unspecified atom stereocenters. The molecule has 88 valence electrons. The molecule has 0 saturated heterocycles. The van der Waals surface area contributed by atoms with Gasteiger partial charge in [0.1, 0.15) is 5.75 Å². The molecule has 0 spiro atoms. The van der Waals surface area contributed by atoms with E-state index in [1.165, 1.54) is 0 Å². The highest BCUT2D eigenvalue weighted by molar-refractivity contribution is 5.55. The molecule has 3 heteroatoms. The van der Waals surface area contributed by atoms with Gasteiger partial charge < -0.3 is 15.1 Å². The minimum absolute atomic E-state index is 0.212. The van der Waals surface area contributed by atoms with E-state index in [1.54, 1.807) is 6.07 Å². The topological polar surface area (TPSA) is 43.7 Å². The van der Waals surface area contributed by atoms with Crippen molar-refractivity contribution in [2.24, 2.45) is 0 Å². The fourth-order valence-electron chi connectivity index (χ4n) is 2.09. The molecule has 0 bridgehead atoms. The molecule has 1 aromatic carbocycles. The van der Waals surface area contributed by atoms with Crippen molar-refractivity contribution in [1.29, 1.82) is 0 Å². The molecule has 0 heterocycles. The van der Waals surface area contributed by atoms with Crippen LogP contribution in [0.5, 0.6) is 5.75 Å². The van der Waals surface area contributed by atoms with Gasteiger partial charge in [-0.25, -0.2) is 0 Å². The molecule has 2 rings (SSSR count). The summed E-state index contributed by atoms with van der Waals surface area (Å²) in [5.74, 6) is 0.212. The molecule has 16 heavy (non-hydrogen) atoms. The zero-order valence-corrected chi connectivity index (χ0v) is 9.90. The van der Waals surface area contributed by atoms with Crippen molar-refractivity contribution in [3.8, 4) is 5.75 Å². The molecule has 0 atom stereocenters. The zero-order valence-electron chi connectivity index (χ0n) is 9.90. The Balaban J connectivity index is 2.29. The molecular formula is C13H19NO2. The third-order valence-corrected chi connectivity index (χ3v) is 3.33. The van der Waals surface area contributed by atoms with Crippen molar-refractivity contribution in [1.82, 2.24) is 0 Å². The summed E-state index contributed by atoms with van der Waals surface area (Å²) >= 11 is 0. The zero-order chi connectivity index (χ0) is 11.8. The van der Waals surface area contributed by atoms with E-state index in [-0.39, 0.29) is 5.75 Å². The third-order valence-electron chi connectivity index (χ3n) is 3.33. The van der Waals surface area contributed by atoms with E-state index in [1.807, 2.05) is 12.1 Å². The Morgan fingerprint density at radius 1 is 1.25 bits per heavy atom. The van der Waals surface area contributed by atoms with Crippen LogP contribution in [0, 0.1) is 0 Å². The Morgan fingerprint density at radius 3 is 2.31 bits per heavy atom. The highest BCUT2D eigenvalue weighted by Gasteiger charge is 2.44. The highest BCUT2D eigenvalue weighted by atomic mass is 16.3. The van der Waals surface area contributed by atoms with E-state index in [2.05, 4.69) is 18.7 Å². The summed E-state index contributed by atoms with van der Waals surface area (Å²) in [4.78, 5) is 2.17. The van der Waals surface area contributed by atoms with Gasteiger partial charge in [-0.3, -0.25) is 0 Å². The first kappa shape index (κ1) is 11.3. The van der Waals surface area contributed by atoms with Crippen LogP contribution in [0.15, 0.2) is 18.2 Å². The normalized spacial score (nSPS) is 17.2. The van der Waals surface area contributed by atoms with Crippen LogP contribution in [-0.4, -0.2) is 23.3 Å². The van der Waals surface area contributed by atoms with Crippen LogP contribution in [0.25, 0.3) is 0 Å². The van der Waals surface area contributed by atoms with Crippen molar-refractivity contribution < 1.29 is 10.2 Å². The van der Waals surface area contributed by atoms with Gasteiger partial charge in [0.05, 0.1) is 5.60 Å². The minimum atomic E-state index is -0.758. The second-order valence-corrected chi connectivity index (χ2v) is 4.41. The van der Waals surface area contributed by atoms with E-state index >= 15 is 0 Å². The number of hydrogen-bond acceptors (Lipinski definition) is 3. The van der Waals surface area contributed by atoms with Crippen molar-refractivity contribution in [3.05, 3.63) is 23.8 Å². The number of phenolic OH excluding ortho intramolecular Hbond substituents is 1. The first-order chi connectivity index (χ1) is 7.60. The quantitative estimate of drug-likeness (QED) is 0.819. The summed E-state index contributed by atoms with van der Waals surface area (Å²) in [5, 5.41) is 19.9. The Hall–Kier alpha value is -1.22. The largest absolute Gasteiger partial charge is 0.507 e. The molecule has 1 aliphatic carbocycles. The van der Waals surface area contributed by atoms with E-state index in [0.717, 1.165) is 31.6 Å². The van der Waals surface area contributed by atoms with Crippen LogP contribution in [0.3, 0.4) is 0 Å². The maximum absolute atomic E-state index is 9.95. The number of nitrogens with zero attached hydrogens (tertiary/aromatic N) is 1. The number of rotatable bonds is 4. The molecule has 3 nitrogen and oxygen atoms in total. The molecule has 1 aliphatic rings. The number of aromatic hydroxyl groups is 1. The third kappa shape index (κ3) is 1.87. The Morgan fingerprint density at radius 2 is 1.88 bits per heavy atom. The summed E-state index contributed by atoms with van der Waals surface area (Å²) in [7, 11) is 0. The molecule has 0 amide bonds. The van der Waals surface area contributed by atoms with E-state index < -0.39 is 5.60 Å². The standard InChI is InChI=1S/C13H19NO2/c1-3-14(4-2)10-5-6-11(12(15)9-10)13(16)7-8-13/h5-6,9,15-16H,3-4,7-8H2,1-2H3. The van der Waals surface area contributed by atoms with Crippen LogP contribution >= 0.6 is 0 Å². The lowest BCUT2D eigenvalue weighted by Crippen LogP contribution is -2.21. The summed E-state index contributed by atoms with van der Waals surface area (Å²) in [6.45, 7) is 6.00. The van der Waals surface area contributed by atoms with Crippen molar-refractivity contribution >= 4 is 5.69 Å². The molecule has 1 fully saturated rings. The van der Waals surface area contributed by atoms with Gasteiger partial charge >= 0.3 is 0 Å². The first-order valence-electron chi connectivity index (χ1n) is 5.91. The van der Waals surface area contributed by atoms with Gasteiger partial charge in [-0.1, -0.05) is 6.07 Å². The van der Waals surface area contributed by atoms with E-state index in [0.29, 0.717) is 5.56 Å². The summed E-state index contributed by atoms with van der Waals surface area (Å²) in [5.41, 5.74) is 0.921. The van der Waals surface area contributed by atoms with Gasteiger partial charge in [0.2, 0.25) is 0 Å². The fourth-order valence-corrected chi connectivity index (χ4v) is 2.09. The second-order valence-electron chi connectivity index (χ2n) is 4.41.